The molecule has 0 aliphatic carbocycles. The number of carbonyl (C=O) groups excluding carboxylic acids is 1. The van der Waals surface area contributed by atoms with Crippen LogP contribution in [0.2, 0.25) is 0 Å². The fourth-order valence-corrected chi connectivity index (χ4v) is 3.56. The first kappa shape index (κ1) is 25.9. The van der Waals surface area contributed by atoms with Gasteiger partial charge in [-0.25, -0.2) is 4.39 Å². The van der Waals surface area contributed by atoms with E-state index in [1.165, 1.54) is 23.1 Å². The van der Waals surface area contributed by atoms with Crippen LogP contribution < -0.4 is 0 Å². The molecule has 1 saturated heterocycles. The highest BCUT2D eigenvalue weighted by Crippen LogP contribution is 2.37. The van der Waals surface area contributed by atoms with Crippen molar-refractivity contribution in [3.8, 4) is 22.5 Å². The Labute approximate surface area is 194 Å². The van der Waals surface area contributed by atoms with E-state index in [0.29, 0.717) is 41.2 Å². The van der Waals surface area contributed by atoms with Crippen LogP contribution in [0.15, 0.2) is 55.3 Å². The van der Waals surface area contributed by atoms with Crippen LogP contribution >= 0.6 is 0 Å². The van der Waals surface area contributed by atoms with E-state index in [1.807, 2.05) is 33.8 Å². The summed E-state index contributed by atoms with van der Waals surface area (Å²) in [4.78, 5) is 13.5. The number of aliphatic hydroxyl groups is 1. The van der Waals surface area contributed by atoms with Crippen LogP contribution in [0.25, 0.3) is 22.5 Å². The molecule has 8 heteroatoms. The summed E-state index contributed by atoms with van der Waals surface area (Å²) in [5.74, 6) is -0.577. The summed E-state index contributed by atoms with van der Waals surface area (Å²) in [5.41, 5.74) is 1.50. The minimum Gasteiger partial charge on any atom is -0.382 e. The lowest BCUT2D eigenvalue weighted by Crippen LogP contribution is -2.34. The minimum absolute atomic E-state index is 0.0995. The Morgan fingerprint density at radius 3 is 2.36 bits per heavy atom. The number of β-amino-alcohol motifs (C(OH)–C–C–N with tert-alkyl or cyclic N) is 1. The highest BCUT2D eigenvalue weighted by Gasteiger charge is 2.42. The van der Waals surface area contributed by atoms with Gasteiger partial charge in [0.05, 0.1) is 17.9 Å². The van der Waals surface area contributed by atoms with Crippen molar-refractivity contribution in [2.75, 3.05) is 13.1 Å². The number of aryl methyl sites for hydroxylation is 1. The van der Waals surface area contributed by atoms with Gasteiger partial charge in [-0.2, -0.15) is 15.3 Å². The lowest BCUT2D eigenvalue weighted by molar-refractivity contribution is -0.126. The molecule has 1 aromatic carbocycles. The van der Waals surface area contributed by atoms with Crippen molar-refractivity contribution in [3.05, 3.63) is 66.8 Å². The highest BCUT2D eigenvalue weighted by molar-refractivity contribution is 5.87. The van der Waals surface area contributed by atoms with Crippen molar-refractivity contribution >= 4 is 5.91 Å². The molecule has 1 fully saturated rings. The zero-order valence-electron chi connectivity index (χ0n) is 19.9. The third-order valence-electron chi connectivity index (χ3n) is 5.10. The number of rotatable bonds is 4. The molecule has 33 heavy (non-hydrogen) atoms. The monoisotopic (exact) mass is 453 g/mol. The first-order valence-corrected chi connectivity index (χ1v) is 11.2. The number of likely N-dealkylation sites (tertiary alicyclic amines) is 1. The van der Waals surface area contributed by atoms with E-state index < -0.39 is 5.60 Å². The summed E-state index contributed by atoms with van der Waals surface area (Å²) in [6, 6.07) is 9.56. The fourth-order valence-electron chi connectivity index (χ4n) is 3.56. The largest absolute Gasteiger partial charge is 0.382 e. The van der Waals surface area contributed by atoms with Crippen LogP contribution in [-0.2, 0) is 17.4 Å². The molecule has 1 atom stereocenters. The van der Waals surface area contributed by atoms with Gasteiger partial charge in [0.2, 0.25) is 5.91 Å². The van der Waals surface area contributed by atoms with Crippen LogP contribution in [0.3, 0.4) is 0 Å². The number of hydrogen-bond donors (Lipinski definition) is 1. The van der Waals surface area contributed by atoms with Crippen molar-refractivity contribution in [3.63, 3.8) is 0 Å². The van der Waals surface area contributed by atoms with Crippen molar-refractivity contribution in [1.29, 1.82) is 0 Å². The second-order valence-corrected chi connectivity index (χ2v) is 7.12. The molecule has 3 aromatic rings. The Balaban J connectivity index is 0.000000914. The van der Waals surface area contributed by atoms with Gasteiger partial charge in [0, 0.05) is 37.3 Å². The van der Waals surface area contributed by atoms with E-state index in [-0.39, 0.29) is 18.3 Å². The molecule has 1 aliphatic heterocycles. The van der Waals surface area contributed by atoms with Gasteiger partial charge in [0.15, 0.2) is 0 Å². The van der Waals surface area contributed by atoms with E-state index in [0.717, 1.165) is 0 Å². The van der Waals surface area contributed by atoms with Gasteiger partial charge in [-0.05, 0) is 42.5 Å². The molecule has 0 radical (unpaired) electrons. The number of carbonyl (C=O) groups is 1. The molecule has 2 aromatic heterocycles. The van der Waals surface area contributed by atoms with Crippen molar-refractivity contribution in [1.82, 2.24) is 24.9 Å². The third-order valence-corrected chi connectivity index (χ3v) is 5.10. The quantitative estimate of drug-likeness (QED) is 0.594. The first-order valence-electron chi connectivity index (χ1n) is 11.2. The number of benzene rings is 1. The van der Waals surface area contributed by atoms with E-state index >= 15 is 0 Å². The van der Waals surface area contributed by atoms with Gasteiger partial charge in [0.25, 0.3) is 0 Å². The highest BCUT2D eigenvalue weighted by atomic mass is 19.1. The van der Waals surface area contributed by atoms with Crippen LogP contribution in [0.5, 0.6) is 0 Å². The summed E-state index contributed by atoms with van der Waals surface area (Å²) < 4.78 is 14.9. The average Bonchev–Trinajstić information content (AvgIpc) is 3.48. The molecule has 0 bridgehead atoms. The fraction of sp³-hybridized carbons (Fsp3) is 0.360. The molecule has 1 N–H and O–H groups in total. The standard InChI is InChI=1S/C21H20FN5O2.2C2H6/c1-3-19(28)27-11-9-21(29,13-27)20-16(17-8-10-26(2)25-17)12-18(23-24-20)14-4-6-15(22)7-5-14;2*1-2/h3-8,10,12,29H,1,9,11,13H2,2H3;2*1-2H3. The van der Waals surface area contributed by atoms with Crippen molar-refractivity contribution < 1.29 is 14.3 Å². The second-order valence-electron chi connectivity index (χ2n) is 7.12. The van der Waals surface area contributed by atoms with Crippen LogP contribution in [0.1, 0.15) is 39.8 Å². The van der Waals surface area contributed by atoms with Crippen molar-refractivity contribution in [2.45, 2.75) is 39.7 Å². The van der Waals surface area contributed by atoms with Crippen LogP contribution in [0.4, 0.5) is 4.39 Å². The number of amides is 1. The Hall–Kier alpha value is -3.39. The van der Waals surface area contributed by atoms with Gasteiger partial charge < -0.3 is 10.0 Å². The van der Waals surface area contributed by atoms with E-state index in [1.54, 1.807) is 36.1 Å². The molecule has 176 valence electrons. The lowest BCUT2D eigenvalue weighted by Gasteiger charge is -2.24. The van der Waals surface area contributed by atoms with Crippen LogP contribution in [-0.4, -0.2) is 49.0 Å². The molecule has 1 aliphatic rings. The Morgan fingerprint density at radius 1 is 1.12 bits per heavy atom. The van der Waals surface area contributed by atoms with E-state index in [2.05, 4.69) is 21.9 Å². The molecule has 1 unspecified atom stereocenters. The molecule has 4 rings (SSSR count). The van der Waals surface area contributed by atoms with Gasteiger partial charge in [-0.3, -0.25) is 9.48 Å². The predicted octanol–water partition coefficient (Wildman–Crippen LogP) is 4.34. The molecular formula is C25H32FN5O2. The minimum atomic E-state index is -1.35. The smallest absolute Gasteiger partial charge is 0.246 e. The molecule has 3 heterocycles. The summed E-state index contributed by atoms with van der Waals surface area (Å²) in [5, 5.41) is 24.3. The maximum atomic E-state index is 13.3. The second kappa shape index (κ2) is 11.5. The Bertz CT molecular complexity index is 1080. The van der Waals surface area contributed by atoms with Crippen LogP contribution in [0, 0.1) is 5.82 Å². The Kier molecular flexibility index (Phi) is 8.99. The molecule has 0 spiro atoms. The summed E-state index contributed by atoms with van der Waals surface area (Å²) in [6.07, 6.45) is 3.36. The first-order chi connectivity index (χ1) is 15.9. The maximum Gasteiger partial charge on any atom is 0.246 e. The summed E-state index contributed by atoms with van der Waals surface area (Å²) in [7, 11) is 1.80. The topological polar surface area (TPSA) is 84.1 Å². The molecule has 7 nitrogen and oxygen atoms in total. The number of nitrogens with zero attached hydrogens (tertiary/aromatic N) is 5. The lowest BCUT2D eigenvalue weighted by atomic mass is 9.92. The zero-order chi connectivity index (χ0) is 24.6. The van der Waals surface area contributed by atoms with Gasteiger partial charge >= 0.3 is 0 Å². The van der Waals surface area contributed by atoms with E-state index in [9.17, 15) is 14.3 Å². The SMILES string of the molecule is C=CC(=O)N1CCC(O)(c2nnc(-c3ccc(F)cc3)cc2-c2ccn(C)n2)C1.CC.CC. The normalized spacial score (nSPS) is 16.9. The maximum absolute atomic E-state index is 13.3. The molecule has 0 saturated carbocycles. The van der Waals surface area contributed by atoms with Crippen molar-refractivity contribution in [2.24, 2.45) is 7.05 Å². The van der Waals surface area contributed by atoms with Gasteiger partial charge in [0.1, 0.15) is 17.1 Å². The van der Waals surface area contributed by atoms with E-state index in [4.69, 9.17) is 0 Å². The number of aromatic nitrogens is 4. The van der Waals surface area contributed by atoms with Gasteiger partial charge in [-0.15, -0.1) is 0 Å². The Morgan fingerprint density at radius 2 is 1.79 bits per heavy atom. The zero-order valence-corrected chi connectivity index (χ0v) is 19.9. The summed E-state index contributed by atoms with van der Waals surface area (Å²) in [6.45, 7) is 12.0. The number of halogens is 1. The third kappa shape index (κ3) is 5.70. The average molecular weight is 454 g/mol. The predicted molar refractivity (Wildman–Crippen MR) is 128 cm³/mol. The summed E-state index contributed by atoms with van der Waals surface area (Å²) >= 11 is 0. The number of hydrogen-bond acceptors (Lipinski definition) is 5. The van der Waals surface area contributed by atoms with Gasteiger partial charge in [-0.1, -0.05) is 34.3 Å². The molecule has 1 amide bonds. The molecular weight excluding hydrogens is 421 g/mol.